The molecule has 1 rings (SSSR count). The van der Waals surface area contributed by atoms with Gasteiger partial charge in [-0.15, -0.1) is 10.2 Å². The van der Waals surface area contributed by atoms with Crippen molar-refractivity contribution in [2.75, 3.05) is 18.5 Å². The van der Waals surface area contributed by atoms with Gasteiger partial charge < -0.3 is 4.90 Å². The third-order valence-corrected chi connectivity index (χ3v) is 1.72. The Bertz CT molecular complexity index is 289. The Balaban J connectivity index is 2.70. The van der Waals surface area contributed by atoms with Crippen molar-refractivity contribution in [3.8, 4) is 0 Å². The average Bonchev–Trinajstić information content (AvgIpc) is 2.02. The van der Waals surface area contributed by atoms with Gasteiger partial charge in [0.05, 0.1) is 0 Å². The third-order valence-electron chi connectivity index (χ3n) is 1.72. The maximum atomic E-state index is 12.5. The van der Waals surface area contributed by atoms with E-state index in [1.54, 1.807) is 6.07 Å². The van der Waals surface area contributed by atoms with E-state index >= 15 is 0 Å². The molecule has 0 spiro atoms. The Labute approximate surface area is 84.0 Å². The van der Waals surface area contributed by atoms with Gasteiger partial charge in [0.2, 0.25) is 5.95 Å². The molecule has 4 heteroatoms. The van der Waals surface area contributed by atoms with Crippen LogP contribution in [0.3, 0.4) is 0 Å². The van der Waals surface area contributed by atoms with Gasteiger partial charge in [-0.1, -0.05) is 20.8 Å². The summed E-state index contributed by atoms with van der Waals surface area (Å²) in [6, 6.07) is 2.95. The van der Waals surface area contributed by atoms with Crippen molar-refractivity contribution in [3.63, 3.8) is 0 Å². The number of halogens is 1. The highest BCUT2D eigenvalue weighted by Gasteiger charge is 2.14. The number of hydrogen-bond acceptors (Lipinski definition) is 3. The summed E-state index contributed by atoms with van der Waals surface area (Å²) in [5, 5.41) is 7.14. The predicted molar refractivity (Wildman–Crippen MR) is 54.7 cm³/mol. The fourth-order valence-corrected chi connectivity index (χ4v) is 1.31. The first-order valence-electron chi connectivity index (χ1n) is 4.59. The molecule has 1 aromatic heterocycles. The molecule has 0 aliphatic rings. The van der Waals surface area contributed by atoms with Gasteiger partial charge in [-0.3, -0.25) is 0 Å². The number of nitrogens with zero attached hydrogens (tertiary/aromatic N) is 3. The van der Waals surface area contributed by atoms with E-state index in [-0.39, 0.29) is 5.41 Å². The summed E-state index contributed by atoms with van der Waals surface area (Å²) in [5.41, 5.74) is 0.185. The molecular weight excluding hydrogens is 181 g/mol. The van der Waals surface area contributed by atoms with Crippen molar-refractivity contribution in [3.05, 3.63) is 18.1 Å². The molecule has 1 aromatic rings. The summed E-state index contributed by atoms with van der Waals surface area (Å²) in [5.74, 6) is 0.152. The molecular formula is C10H16FN3. The minimum Gasteiger partial charge on any atom is -0.358 e. The Hall–Kier alpha value is -1.19. The summed E-state index contributed by atoms with van der Waals surface area (Å²) >= 11 is 0. The van der Waals surface area contributed by atoms with Crippen molar-refractivity contribution in [1.29, 1.82) is 0 Å². The highest BCUT2D eigenvalue weighted by molar-refractivity contribution is 5.35. The van der Waals surface area contributed by atoms with Crippen molar-refractivity contribution in [2.45, 2.75) is 20.8 Å². The fraction of sp³-hybridized carbons (Fsp3) is 0.600. The molecule has 0 bridgehead atoms. The molecule has 0 aliphatic carbocycles. The quantitative estimate of drug-likeness (QED) is 0.727. The van der Waals surface area contributed by atoms with E-state index in [1.165, 1.54) is 6.07 Å². The van der Waals surface area contributed by atoms with Crippen molar-refractivity contribution in [2.24, 2.45) is 5.41 Å². The standard InChI is InChI=1S/C10H16FN3/c1-10(2,3)7-14(4)9-6-5-8(11)12-13-9/h5-6H,7H2,1-4H3. The predicted octanol–water partition coefficient (Wildman–Crippen LogP) is 2.10. The lowest BCUT2D eigenvalue weighted by Gasteiger charge is -2.26. The van der Waals surface area contributed by atoms with E-state index in [0.717, 1.165) is 6.54 Å². The normalized spacial score (nSPS) is 11.5. The first-order valence-corrected chi connectivity index (χ1v) is 4.59. The molecule has 1 heterocycles. The van der Waals surface area contributed by atoms with Gasteiger partial charge in [0.25, 0.3) is 0 Å². The van der Waals surface area contributed by atoms with Gasteiger partial charge in [-0.25, -0.2) is 0 Å². The highest BCUT2D eigenvalue weighted by atomic mass is 19.1. The average molecular weight is 197 g/mol. The molecule has 0 unspecified atom stereocenters. The Morgan fingerprint density at radius 3 is 2.36 bits per heavy atom. The maximum absolute atomic E-state index is 12.5. The van der Waals surface area contributed by atoms with E-state index in [4.69, 9.17) is 0 Å². The lowest BCUT2D eigenvalue weighted by molar-refractivity contribution is 0.417. The lowest BCUT2D eigenvalue weighted by Crippen LogP contribution is -2.29. The van der Waals surface area contributed by atoms with E-state index < -0.39 is 5.95 Å². The van der Waals surface area contributed by atoms with Crippen molar-refractivity contribution < 1.29 is 4.39 Å². The molecule has 0 N–H and O–H groups in total. The lowest BCUT2D eigenvalue weighted by atomic mass is 9.96. The van der Waals surface area contributed by atoms with Gasteiger partial charge in [-0.2, -0.15) is 4.39 Å². The number of aromatic nitrogens is 2. The van der Waals surface area contributed by atoms with Crippen LogP contribution in [-0.4, -0.2) is 23.8 Å². The number of rotatable bonds is 2. The van der Waals surface area contributed by atoms with E-state index in [2.05, 4.69) is 31.0 Å². The summed E-state index contributed by atoms with van der Waals surface area (Å²) in [6.07, 6.45) is 0. The van der Waals surface area contributed by atoms with Gasteiger partial charge in [0.1, 0.15) is 0 Å². The van der Waals surface area contributed by atoms with Crippen LogP contribution in [0.1, 0.15) is 20.8 Å². The minimum absolute atomic E-state index is 0.185. The number of anilines is 1. The zero-order chi connectivity index (χ0) is 10.8. The molecule has 14 heavy (non-hydrogen) atoms. The van der Waals surface area contributed by atoms with Crippen molar-refractivity contribution in [1.82, 2.24) is 10.2 Å². The van der Waals surface area contributed by atoms with Crippen molar-refractivity contribution >= 4 is 5.82 Å². The maximum Gasteiger partial charge on any atom is 0.233 e. The van der Waals surface area contributed by atoms with Gasteiger partial charge in [-0.05, 0) is 17.5 Å². The topological polar surface area (TPSA) is 29.0 Å². The van der Waals surface area contributed by atoms with Crippen LogP contribution in [0.15, 0.2) is 12.1 Å². The van der Waals surface area contributed by atoms with E-state index in [1.807, 2.05) is 11.9 Å². The smallest absolute Gasteiger partial charge is 0.233 e. The first kappa shape index (κ1) is 10.9. The monoisotopic (exact) mass is 197 g/mol. The Kier molecular flexibility index (Phi) is 3.03. The van der Waals surface area contributed by atoms with Crippen LogP contribution in [0.25, 0.3) is 0 Å². The minimum atomic E-state index is -0.544. The molecule has 0 saturated carbocycles. The molecule has 0 atom stereocenters. The molecule has 0 aromatic carbocycles. The molecule has 0 fully saturated rings. The summed E-state index contributed by atoms with van der Waals surface area (Å²) in [7, 11) is 1.92. The zero-order valence-electron chi connectivity index (χ0n) is 9.08. The Morgan fingerprint density at radius 1 is 1.29 bits per heavy atom. The molecule has 3 nitrogen and oxygen atoms in total. The molecule has 78 valence electrons. The van der Waals surface area contributed by atoms with E-state index in [0.29, 0.717) is 5.82 Å². The van der Waals surface area contributed by atoms with Gasteiger partial charge >= 0.3 is 0 Å². The van der Waals surface area contributed by atoms with Crippen LogP contribution in [0.2, 0.25) is 0 Å². The summed E-state index contributed by atoms with van der Waals surface area (Å²) in [4.78, 5) is 1.96. The summed E-state index contributed by atoms with van der Waals surface area (Å²) < 4.78 is 12.5. The molecule has 0 radical (unpaired) electrons. The van der Waals surface area contributed by atoms with Crippen LogP contribution in [-0.2, 0) is 0 Å². The van der Waals surface area contributed by atoms with Gasteiger partial charge in [0, 0.05) is 13.6 Å². The molecule has 0 saturated heterocycles. The fourth-order valence-electron chi connectivity index (χ4n) is 1.31. The van der Waals surface area contributed by atoms with Crippen LogP contribution < -0.4 is 4.90 Å². The van der Waals surface area contributed by atoms with Crippen LogP contribution in [0.5, 0.6) is 0 Å². The molecule has 0 amide bonds. The first-order chi connectivity index (χ1) is 6.38. The largest absolute Gasteiger partial charge is 0.358 e. The second kappa shape index (κ2) is 3.90. The van der Waals surface area contributed by atoms with Gasteiger partial charge in [0.15, 0.2) is 5.82 Å². The van der Waals surface area contributed by atoms with Crippen LogP contribution in [0, 0.1) is 11.4 Å². The third kappa shape index (κ3) is 3.28. The molecule has 0 aliphatic heterocycles. The summed E-state index contributed by atoms with van der Waals surface area (Å²) in [6.45, 7) is 7.27. The number of hydrogen-bond donors (Lipinski definition) is 0. The SMILES string of the molecule is CN(CC(C)(C)C)c1ccc(F)nn1. The van der Waals surface area contributed by atoms with Crippen LogP contribution >= 0.6 is 0 Å². The van der Waals surface area contributed by atoms with E-state index in [9.17, 15) is 4.39 Å². The Morgan fingerprint density at radius 2 is 1.93 bits per heavy atom. The second-order valence-electron chi connectivity index (χ2n) is 4.63. The zero-order valence-corrected chi connectivity index (χ0v) is 9.08. The highest BCUT2D eigenvalue weighted by Crippen LogP contribution is 2.17. The second-order valence-corrected chi connectivity index (χ2v) is 4.63. The van der Waals surface area contributed by atoms with Crippen LogP contribution in [0.4, 0.5) is 10.2 Å².